The largest absolute Gasteiger partial charge is 0.0839 e. The highest BCUT2D eigenvalue weighted by molar-refractivity contribution is 5.82. The molecule has 166 valence electrons. The van der Waals surface area contributed by atoms with Gasteiger partial charge in [-0.25, -0.2) is 0 Å². The maximum atomic E-state index is 2.55. The van der Waals surface area contributed by atoms with E-state index in [9.17, 15) is 0 Å². The maximum absolute atomic E-state index is 2.55. The van der Waals surface area contributed by atoms with Crippen molar-refractivity contribution in [2.24, 2.45) is 11.8 Å². The van der Waals surface area contributed by atoms with Gasteiger partial charge in [0.2, 0.25) is 0 Å². The zero-order valence-electron chi connectivity index (χ0n) is 19.6. The lowest BCUT2D eigenvalue weighted by Gasteiger charge is -2.35. The van der Waals surface area contributed by atoms with Gasteiger partial charge in [0.15, 0.2) is 0 Å². The van der Waals surface area contributed by atoms with Gasteiger partial charge in [0.1, 0.15) is 0 Å². The van der Waals surface area contributed by atoms with Crippen molar-refractivity contribution < 1.29 is 0 Å². The van der Waals surface area contributed by atoms with E-state index in [2.05, 4.69) is 97.1 Å². The lowest BCUT2D eigenvalue weighted by Crippen LogP contribution is -2.40. The first-order valence-electron chi connectivity index (χ1n) is 12.9. The van der Waals surface area contributed by atoms with Crippen molar-refractivity contribution in [3.8, 4) is 0 Å². The van der Waals surface area contributed by atoms with Crippen LogP contribution in [0.1, 0.15) is 48.8 Å². The van der Waals surface area contributed by atoms with Gasteiger partial charge in [-0.05, 0) is 93.5 Å². The Kier molecular flexibility index (Phi) is 4.79. The van der Waals surface area contributed by atoms with Gasteiger partial charge in [-0.1, -0.05) is 97.1 Å². The zero-order valence-corrected chi connectivity index (χ0v) is 19.6. The Morgan fingerprint density at radius 1 is 0.647 bits per heavy atom. The van der Waals surface area contributed by atoms with Crippen LogP contribution in [0.15, 0.2) is 108 Å². The van der Waals surface area contributed by atoms with Crippen LogP contribution >= 0.6 is 0 Å². The summed E-state index contributed by atoms with van der Waals surface area (Å²) in [6.45, 7) is 0. The number of fused-ring (bicyclic) bond motifs is 3. The molecule has 5 aliphatic rings. The standard InChI is InChI=1S/C34H30/c1-3-11-25-21-27(19-17-23(25)9-1)33-29-13-5-7-15-31(29)34(32-16-8-6-14-30(32)33)28-20-18-24-10-2-4-12-26(24)22-28/h1-2,5-10,13-17,19,21-22,29,31H,3-4,11-12,18,20H2. The molecule has 0 N–H and O–H groups in total. The number of hydrogen-bond acceptors (Lipinski definition) is 0. The first kappa shape index (κ1) is 20.0. The van der Waals surface area contributed by atoms with E-state index in [1.165, 1.54) is 52.0 Å². The highest BCUT2D eigenvalue weighted by Crippen LogP contribution is 2.44. The van der Waals surface area contributed by atoms with Crippen molar-refractivity contribution in [3.63, 3.8) is 0 Å². The summed E-state index contributed by atoms with van der Waals surface area (Å²) < 4.78 is 0. The maximum Gasteiger partial charge on any atom is 0.0137 e. The van der Waals surface area contributed by atoms with Crippen LogP contribution < -0.4 is 10.4 Å². The Morgan fingerprint density at radius 3 is 2.29 bits per heavy atom. The highest BCUT2D eigenvalue weighted by atomic mass is 14.4. The number of aryl methyl sites for hydroxylation is 1. The van der Waals surface area contributed by atoms with Gasteiger partial charge in [-0.15, -0.1) is 0 Å². The second-order valence-electron chi connectivity index (χ2n) is 10.2. The predicted octanol–water partition coefficient (Wildman–Crippen LogP) is 6.73. The molecule has 2 aromatic rings. The third kappa shape index (κ3) is 3.20. The fourth-order valence-electron chi connectivity index (χ4n) is 6.71. The molecule has 0 saturated heterocycles. The summed E-state index contributed by atoms with van der Waals surface area (Å²) in [4.78, 5) is 0. The molecule has 0 amide bonds. The van der Waals surface area contributed by atoms with Crippen LogP contribution in [0.2, 0.25) is 0 Å². The van der Waals surface area contributed by atoms with Gasteiger partial charge in [-0.3, -0.25) is 0 Å². The molecule has 0 radical (unpaired) electrons. The zero-order chi connectivity index (χ0) is 22.5. The molecule has 34 heavy (non-hydrogen) atoms. The minimum Gasteiger partial charge on any atom is -0.0839 e. The van der Waals surface area contributed by atoms with Crippen LogP contribution in [0.25, 0.3) is 17.2 Å². The van der Waals surface area contributed by atoms with E-state index in [4.69, 9.17) is 0 Å². The van der Waals surface area contributed by atoms with Crippen molar-refractivity contribution in [1.82, 2.24) is 0 Å². The SMILES string of the molecule is C1=CC2C(C3=CC4=C(C=CCC4)CC3)=c3ccccc3=C(c3ccc4c(c3)CCC=C4)C2C=C1. The van der Waals surface area contributed by atoms with Gasteiger partial charge >= 0.3 is 0 Å². The lowest BCUT2D eigenvalue weighted by atomic mass is 9.68. The molecule has 2 aromatic carbocycles. The monoisotopic (exact) mass is 438 g/mol. The fraction of sp³-hybridized carbons (Fsp3) is 0.235. The molecule has 0 heterocycles. The second-order valence-corrected chi connectivity index (χ2v) is 10.2. The number of rotatable bonds is 2. The summed E-state index contributed by atoms with van der Waals surface area (Å²) in [7, 11) is 0. The van der Waals surface area contributed by atoms with E-state index >= 15 is 0 Å². The predicted molar refractivity (Wildman–Crippen MR) is 143 cm³/mol. The molecule has 0 heteroatoms. The van der Waals surface area contributed by atoms with E-state index in [0.29, 0.717) is 11.8 Å². The molecule has 5 aliphatic carbocycles. The van der Waals surface area contributed by atoms with E-state index in [-0.39, 0.29) is 0 Å². The first-order chi connectivity index (χ1) is 16.9. The Morgan fingerprint density at radius 2 is 1.41 bits per heavy atom. The van der Waals surface area contributed by atoms with E-state index in [1.54, 1.807) is 22.3 Å². The van der Waals surface area contributed by atoms with Gasteiger partial charge in [-0.2, -0.15) is 0 Å². The summed E-state index contributed by atoms with van der Waals surface area (Å²) in [5.74, 6) is 0.785. The second kappa shape index (κ2) is 8.13. The minimum atomic E-state index is 0.384. The summed E-state index contributed by atoms with van der Waals surface area (Å²) in [5, 5.41) is 2.87. The quantitative estimate of drug-likeness (QED) is 0.487. The molecule has 2 unspecified atom stereocenters. The van der Waals surface area contributed by atoms with Crippen molar-refractivity contribution in [1.29, 1.82) is 0 Å². The van der Waals surface area contributed by atoms with Crippen molar-refractivity contribution in [2.75, 3.05) is 0 Å². The molecule has 0 fully saturated rings. The molecular formula is C34H30. The van der Waals surface area contributed by atoms with Gasteiger partial charge < -0.3 is 0 Å². The van der Waals surface area contributed by atoms with Crippen molar-refractivity contribution >= 4 is 17.2 Å². The Labute approximate surface area is 202 Å². The van der Waals surface area contributed by atoms with Crippen LogP contribution in [0.3, 0.4) is 0 Å². The van der Waals surface area contributed by atoms with E-state index < -0.39 is 0 Å². The summed E-state index contributed by atoms with van der Waals surface area (Å²) in [6.07, 6.45) is 28.3. The van der Waals surface area contributed by atoms with Crippen LogP contribution in [0.4, 0.5) is 0 Å². The van der Waals surface area contributed by atoms with Gasteiger partial charge in [0.05, 0.1) is 0 Å². The van der Waals surface area contributed by atoms with E-state index in [0.717, 1.165) is 19.3 Å². The third-order valence-corrected chi connectivity index (χ3v) is 8.31. The molecule has 0 aliphatic heterocycles. The molecule has 2 atom stereocenters. The normalized spacial score (nSPS) is 24.4. The molecule has 0 bridgehead atoms. The average molecular weight is 439 g/mol. The fourth-order valence-corrected chi connectivity index (χ4v) is 6.71. The third-order valence-electron chi connectivity index (χ3n) is 8.31. The topological polar surface area (TPSA) is 0 Å². The Balaban J connectivity index is 1.50. The van der Waals surface area contributed by atoms with Gasteiger partial charge in [0.25, 0.3) is 0 Å². The van der Waals surface area contributed by atoms with Crippen LogP contribution in [-0.4, -0.2) is 0 Å². The average Bonchev–Trinajstić information content (AvgIpc) is 2.91. The van der Waals surface area contributed by atoms with Crippen LogP contribution in [-0.2, 0) is 6.42 Å². The number of benzene rings is 2. The van der Waals surface area contributed by atoms with E-state index in [1.807, 2.05) is 0 Å². The van der Waals surface area contributed by atoms with Crippen molar-refractivity contribution in [3.05, 3.63) is 135 Å². The minimum absolute atomic E-state index is 0.384. The molecular weight excluding hydrogens is 408 g/mol. The molecule has 7 rings (SSSR count). The number of allylic oxidation sites excluding steroid dienone is 11. The summed E-state index contributed by atoms with van der Waals surface area (Å²) >= 11 is 0. The molecule has 0 spiro atoms. The summed E-state index contributed by atoms with van der Waals surface area (Å²) in [5.41, 5.74) is 12.0. The van der Waals surface area contributed by atoms with Crippen molar-refractivity contribution in [2.45, 2.75) is 38.5 Å². The number of hydrogen-bond donors (Lipinski definition) is 0. The molecule has 0 aromatic heterocycles. The lowest BCUT2D eigenvalue weighted by molar-refractivity contribution is 0.677. The Bertz CT molecular complexity index is 1500. The highest BCUT2D eigenvalue weighted by Gasteiger charge is 2.33. The van der Waals surface area contributed by atoms with Crippen LogP contribution in [0.5, 0.6) is 0 Å². The smallest absolute Gasteiger partial charge is 0.0137 e. The van der Waals surface area contributed by atoms with Gasteiger partial charge in [0, 0.05) is 11.8 Å². The van der Waals surface area contributed by atoms with Crippen LogP contribution in [0, 0.1) is 11.8 Å². The molecule has 0 nitrogen and oxygen atoms in total. The Hall–Kier alpha value is -3.38. The molecule has 0 saturated carbocycles. The summed E-state index contributed by atoms with van der Waals surface area (Å²) in [6, 6.07) is 16.4. The first-order valence-corrected chi connectivity index (χ1v) is 12.9.